The molecule has 0 saturated heterocycles. The van der Waals surface area contributed by atoms with E-state index >= 15 is 0 Å². The highest BCUT2D eigenvalue weighted by molar-refractivity contribution is 7.89. The zero-order valence-corrected chi connectivity index (χ0v) is 21.6. The molecule has 8 nitrogen and oxygen atoms in total. The van der Waals surface area contributed by atoms with Crippen molar-refractivity contribution in [2.45, 2.75) is 57.6 Å². The molecule has 2 atom stereocenters. The van der Waals surface area contributed by atoms with E-state index in [4.69, 9.17) is 4.74 Å². The molecule has 0 aliphatic carbocycles. The molecule has 34 heavy (non-hydrogen) atoms. The number of likely N-dealkylation sites (N-methyl/N-ethyl adjacent to an activating group) is 1. The molecule has 0 aliphatic heterocycles. The molecular formula is C25H35N3O5S. The predicted octanol–water partition coefficient (Wildman–Crippen LogP) is 2.96. The fourth-order valence-corrected chi connectivity index (χ4v) is 4.35. The third-order valence-electron chi connectivity index (χ3n) is 5.77. The van der Waals surface area contributed by atoms with Crippen molar-refractivity contribution in [2.75, 3.05) is 20.7 Å². The van der Waals surface area contributed by atoms with Crippen LogP contribution in [0.2, 0.25) is 0 Å². The van der Waals surface area contributed by atoms with Gasteiger partial charge in [0, 0.05) is 19.6 Å². The monoisotopic (exact) mass is 489 g/mol. The van der Waals surface area contributed by atoms with Gasteiger partial charge in [0.25, 0.3) is 0 Å². The van der Waals surface area contributed by atoms with Crippen LogP contribution in [0.25, 0.3) is 0 Å². The molecule has 0 aliphatic rings. The van der Waals surface area contributed by atoms with Gasteiger partial charge in [0.2, 0.25) is 21.8 Å². The minimum absolute atomic E-state index is 0.0440. The molecule has 186 valence electrons. The van der Waals surface area contributed by atoms with Gasteiger partial charge in [-0.1, -0.05) is 36.8 Å². The van der Waals surface area contributed by atoms with Gasteiger partial charge in [0.15, 0.2) is 0 Å². The summed E-state index contributed by atoms with van der Waals surface area (Å²) in [4.78, 5) is 27.7. The fourth-order valence-electron chi connectivity index (χ4n) is 3.23. The second-order valence-corrected chi connectivity index (χ2v) is 10.5. The Morgan fingerprint density at radius 3 is 2.15 bits per heavy atom. The van der Waals surface area contributed by atoms with Gasteiger partial charge in [-0.15, -0.1) is 0 Å². The Kier molecular flexibility index (Phi) is 9.64. The van der Waals surface area contributed by atoms with Crippen LogP contribution in [0.3, 0.4) is 0 Å². The van der Waals surface area contributed by atoms with Crippen molar-refractivity contribution in [3.05, 3.63) is 59.7 Å². The first-order valence-corrected chi connectivity index (χ1v) is 12.7. The van der Waals surface area contributed by atoms with Crippen molar-refractivity contribution in [1.82, 2.24) is 14.5 Å². The third kappa shape index (κ3) is 7.04. The van der Waals surface area contributed by atoms with E-state index in [-0.39, 0.29) is 23.4 Å². The van der Waals surface area contributed by atoms with Crippen LogP contribution in [0.15, 0.2) is 53.4 Å². The highest BCUT2D eigenvalue weighted by Gasteiger charge is 2.30. The second-order valence-electron chi connectivity index (χ2n) is 8.44. The average molecular weight is 490 g/mol. The van der Waals surface area contributed by atoms with Crippen LogP contribution in [0.1, 0.15) is 38.3 Å². The van der Waals surface area contributed by atoms with Gasteiger partial charge < -0.3 is 15.0 Å². The van der Waals surface area contributed by atoms with Crippen LogP contribution in [-0.2, 0) is 26.2 Å². The van der Waals surface area contributed by atoms with E-state index in [2.05, 4.69) is 5.32 Å². The summed E-state index contributed by atoms with van der Waals surface area (Å²) in [6.07, 6.45) is 0.752. The van der Waals surface area contributed by atoms with E-state index in [9.17, 15) is 18.0 Å². The number of methoxy groups -OCH3 is 1. The van der Waals surface area contributed by atoms with Gasteiger partial charge in [0.1, 0.15) is 11.8 Å². The van der Waals surface area contributed by atoms with Crippen molar-refractivity contribution in [1.29, 1.82) is 0 Å². The van der Waals surface area contributed by atoms with Crippen molar-refractivity contribution >= 4 is 21.8 Å². The lowest BCUT2D eigenvalue weighted by Gasteiger charge is -2.31. The molecule has 0 saturated carbocycles. The molecule has 1 N–H and O–H groups in total. The summed E-state index contributed by atoms with van der Waals surface area (Å²) in [5, 5.41) is 2.90. The number of benzene rings is 2. The molecule has 0 bridgehead atoms. The Morgan fingerprint density at radius 2 is 1.62 bits per heavy atom. The molecule has 9 heteroatoms. The number of nitrogens with zero attached hydrogens (tertiary/aromatic N) is 2. The molecule has 2 aromatic carbocycles. The lowest BCUT2D eigenvalue weighted by molar-refractivity contribution is -0.140. The maximum Gasteiger partial charge on any atom is 0.243 e. The molecule has 2 aromatic rings. The summed E-state index contributed by atoms with van der Waals surface area (Å²) < 4.78 is 32.2. The number of nitrogens with one attached hydrogen (secondary N) is 1. The van der Waals surface area contributed by atoms with E-state index in [0.717, 1.165) is 21.9 Å². The normalized spacial score (nSPS) is 13.3. The standard InChI is InChI=1S/C25H35N3O5S/c1-7-19(3)26-25(30)20(4)28(16-21-10-12-22(33-6)13-11-21)24(29)17-27(5)34(31,32)23-14-8-18(2)9-15-23/h8-15,19-20H,7,16-17H2,1-6H3,(H,26,30). The van der Waals surface area contributed by atoms with E-state index in [1.54, 1.807) is 38.3 Å². The highest BCUT2D eigenvalue weighted by Crippen LogP contribution is 2.18. The van der Waals surface area contributed by atoms with Gasteiger partial charge in [-0.2, -0.15) is 4.31 Å². The van der Waals surface area contributed by atoms with Gasteiger partial charge in [-0.05, 0) is 57.0 Å². The zero-order chi connectivity index (χ0) is 25.5. The van der Waals surface area contributed by atoms with E-state index in [1.807, 2.05) is 32.9 Å². The van der Waals surface area contributed by atoms with Gasteiger partial charge >= 0.3 is 0 Å². The minimum Gasteiger partial charge on any atom is -0.497 e. The van der Waals surface area contributed by atoms with Crippen LogP contribution in [0.4, 0.5) is 0 Å². The number of ether oxygens (including phenoxy) is 1. The van der Waals surface area contributed by atoms with E-state index < -0.39 is 28.5 Å². The minimum atomic E-state index is -3.87. The highest BCUT2D eigenvalue weighted by atomic mass is 32.2. The van der Waals surface area contributed by atoms with E-state index in [0.29, 0.717) is 5.75 Å². The summed E-state index contributed by atoms with van der Waals surface area (Å²) in [6, 6.07) is 12.8. The molecule has 2 amide bonds. The Labute approximate surface area is 202 Å². The summed E-state index contributed by atoms with van der Waals surface area (Å²) in [5.74, 6) is -0.0887. The first-order valence-electron chi connectivity index (χ1n) is 11.2. The van der Waals surface area contributed by atoms with Gasteiger partial charge in [-0.3, -0.25) is 9.59 Å². The SMILES string of the molecule is CCC(C)NC(=O)C(C)N(Cc1ccc(OC)cc1)C(=O)CN(C)S(=O)(=O)c1ccc(C)cc1. The molecule has 2 rings (SSSR count). The molecule has 0 aromatic heterocycles. The van der Waals surface area contributed by atoms with Crippen LogP contribution < -0.4 is 10.1 Å². The molecular weight excluding hydrogens is 454 g/mol. The Bertz CT molecular complexity index is 1070. The van der Waals surface area contributed by atoms with Crippen LogP contribution >= 0.6 is 0 Å². The number of hydrogen-bond donors (Lipinski definition) is 1. The predicted molar refractivity (Wildman–Crippen MR) is 132 cm³/mol. The molecule has 2 unspecified atom stereocenters. The first kappa shape index (κ1) is 27.3. The zero-order valence-electron chi connectivity index (χ0n) is 20.7. The summed E-state index contributed by atoms with van der Waals surface area (Å²) in [6.45, 7) is 7.12. The van der Waals surface area contributed by atoms with Crippen molar-refractivity contribution in [2.24, 2.45) is 0 Å². The van der Waals surface area contributed by atoms with Crippen LogP contribution in [-0.4, -0.2) is 62.2 Å². The Morgan fingerprint density at radius 1 is 1.03 bits per heavy atom. The average Bonchev–Trinajstić information content (AvgIpc) is 2.82. The van der Waals surface area contributed by atoms with Crippen LogP contribution in [0, 0.1) is 6.92 Å². The molecule has 0 radical (unpaired) electrons. The van der Waals surface area contributed by atoms with Gasteiger partial charge in [-0.25, -0.2) is 8.42 Å². The molecule has 0 spiro atoms. The number of aryl methyl sites for hydroxylation is 1. The smallest absolute Gasteiger partial charge is 0.243 e. The summed E-state index contributed by atoms with van der Waals surface area (Å²) >= 11 is 0. The van der Waals surface area contributed by atoms with Gasteiger partial charge in [0.05, 0.1) is 18.6 Å². The summed E-state index contributed by atoms with van der Waals surface area (Å²) in [5.41, 5.74) is 1.73. The summed E-state index contributed by atoms with van der Waals surface area (Å²) in [7, 11) is -0.937. The number of rotatable bonds is 11. The largest absolute Gasteiger partial charge is 0.497 e. The number of carbonyl (C=O) groups excluding carboxylic acids is 2. The lowest BCUT2D eigenvalue weighted by Crippen LogP contribution is -2.51. The van der Waals surface area contributed by atoms with Crippen molar-refractivity contribution < 1.29 is 22.7 Å². The fraction of sp³-hybridized carbons (Fsp3) is 0.440. The lowest BCUT2D eigenvalue weighted by atomic mass is 10.1. The number of hydrogen-bond acceptors (Lipinski definition) is 5. The number of carbonyl (C=O) groups is 2. The van der Waals surface area contributed by atoms with E-state index in [1.165, 1.54) is 24.1 Å². The Hall–Kier alpha value is -2.91. The number of amides is 2. The third-order valence-corrected chi connectivity index (χ3v) is 7.59. The van der Waals surface area contributed by atoms with Crippen LogP contribution in [0.5, 0.6) is 5.75 Å². The quantitative estimate of drug-likeness (QED) is 0.524. The first-order chi connectivity index (χ1) is 16.0. The molecule has 0 fully saturated rings. The maximum absolute atomic E-state index is 13.3. The van der Waals surface area contributed by atoms with Crippen molar-refractivity contribution in [3.63, 3.8) is 0 Å². The Balaban J connectivity index is 2.27. The number of sulfonamides is 1. The van der Waals surface area contributed by atoms with Crippen molar-refractivity contribution in [3.8, 4) is 5.75 Å². The second kappa shape index (κ2) is 12.0. The molecule has 0 heterocycles. The maximum atomic E-state index is 13.3. The topological polar surface area (TPSA) is 96.0 Å².